The first-order valence-corrected chi connectivity index (χ1v) is 5.50. The molecule has 0 fully saturated rings. The summed E-state index contributed by atoms with van der Waals surface area (Å²) in [6.45, 7) is 4.76. The molecule has 1 atom stereocenters. The Balaban J connectivity index is 2.64. The number of rotatable bonds is 5. The summed E-state index contributed by atoms with van der Waals surface area (Å²) in [6, 6.07) is 0.126. The van der Waals surface area contributed by atoms with E-state index < -0.39 is 0 Å². The third-order valence-corrected chi connectivity index (χ3v) is 3.02. The molecule has 0 aliphatic heterocycles. The van der Waals surface area contributed by atoms with Gasteiger partial charge in [-0.15, -0.1) is 0 Å². The van der Waals surface area contributed by atoms with Crippen LogP contribution in [0.5, 0.6) is 0 Å². The maximum atomic E-state index is 9.03. The Bertz CT molecular complexity index is 321. The number of aliphatic hydroxyl groups is 1. The van der Waals surface area contributed by atoms with Crippen LogP contribution in [-0.4, -0.2) is 27.5 Å². The average molecular weight is 232 g/mol. The van der Waals surface area contributed by atoms with Crippen molar-refractivity contribution in [3.8, 4) is 0 Å². The molecule has 15 heavy (non-hydrogen) atoms. The summed E-state index contributed by atoms with van der Waals surface area (Å²) in [5, 5.41) is 17.2. The average Bonchev–Trinajstić information content (AvgIpc) is 2.45. The molecule has 86 valence electrons. The molecule has 4 nitrogen and oxygen atoms in total. The zero-order valence-corrected chi connectivity index (χ0v) is 10.2. The molecular weight excluding hydrogens is 214 g/mol. The molecule has 2 N–H and O–H groups in total. The van der Waals surface area contributed by atoms with Crippen molar-refractivity contribution < 1.29 is 5.11 Å². The second-order valence-corrected chi connectivity index (χ2v) is 4.01. The van der Waals surface area contributed by atoms with Crippen molar-refractivity contribution in [3.63, 3.8) is 0 Å². The highest BCUT2D eigenvalue weighted by Crippen LogP contribution is 2.18. The van der Waals surface area contributed by atoms with Crippen LogP contribution in [0.25, 0.3) is 0 Å². The molecular formula is C10H18ClN3O. The van der Waals surface area contributed by atoms with Gasteiger partial charge in [-0.2, -0.15) is 5.10 Å². The van der Waals surface area contributed by atoms with Crippen LogP contribution in [0.2, 0.25) is 5.15 Å². The van der Waals surface area contributed by atoms with Gasteiger partial charge < -0.3 is 10.4 Å². The van der Waals surface area contributed by atoms with Gasteiger partial charge in [0.05, 0.1) is 12.3 Å². The number of hydrogen-bond donors (Lipinski definition) is 2. The smallest absolute Gasteiger partial charge is 0.131 e. The van der Waals surface area contributed by atoms with Gasteiger partial charge in [0.2, 0.25) is 0 Å². The van der Waals surface area contributed by atoms with E-state index in [2.05, 4.69) is 10.4 Å². The van der Waals surface area contributed by atoms with Crippen molar-refractivity contribution in [2.75, 3.05) is 6.61 Å². The molecule has 1 aromatic rings. The molecule has 1 aromatic heterocycles. The molecule has 0 aliphatic carbocycles. The standard InChI is InChI=1S/C10H18ClN3O/c1-4-8(6-15)12-5-9-7(2)13-14(3)10(9)11/h8,12,15H,4-6H2,1-3H3. The monoisotopic (exact) mass is 231 g/mol. The summed E-state index contributed by atoms with van der Waals surface area (Å²) in [7, 11) is 1.82. The maximum Gasteiger partial charge on any atom is 0.131 e. The van der Waals surface area contributed by atoms with E-state index in [0.717, 1.165) is 17.7 Å². The SMILES string of the molecule is CCC(CO)NCc1c(C)nn(C)c1Cl. The normalized spacial score (nSPS) is 13.1. The lowest BCUT2D eigenvalue weighted by Gasteiger charge is -2.13. The van der Waals surface area contributed by atoms with E-state index in [4.69, 9.17) is 16.7 Å². The third kappa shape index (κ3) is 2.93. The van der Waals surface area contributed by atoms with Gasteiger partial charge >= 0.3 is 0 Å². The van der Waals surface area contributed by atoms with Crippen molar-refractivity contribution in [1.29, 1.82) is 0 Å². The van der Waals surface area contributed by atoms with E-state index in [1.165, 1.54) is 0 Å². The van der Waals surface area contributed by atoms with Gasteiger partial charge in [0.15, 0.2) is 0 Å². The summed E-state index contributed by atoms with van der Waals surface area (Å²) < 4.78 is 1.66. The Kier molecular flexibility index (Phi) is 4.57. The van der Waals surface area contributed by atoms with Crippen LogP contribution in [0.1, 0.15) is 24.6 Å². The van der Waals surface area contributed by atoms with Crippen LogP contribution >= 0.6 is 11.6 Å². The molecule has 0 amide bonds. The quantitative estimate of drug-likeness (QED) is 0.802. The predicted molar refractivity (Wildman–Crippen MR) is 61.0 cm³/mol. The molecule has 0 aromatic carbocycles. The van der Waals surface area contributed by atoms with Gasteiger partial charge in [-0.05, 0) is 13.3 Å². The van der Waals surface area contributed by atoms with E-state index in [-0.39, 0.29) is 12.6 Å². The van der Waals surface area contributed by atoms with Crippen LogP contribution in [0.4, 0.5) is 0 Å². The second kappa shape index (κ2) is 5.49. The van der Waals surface area contributed by atoms with Crippen molar-refractivity contribution in [3.05, 3.63) is 16.4 Å². The fraction of sp³-hybridized carbons (Fsp3) is 0.700. The number of aromatic nitrogens is 2. The Labute approximate surface area is 95.2 Å². The van der Waals surface area contributed by atoms with Crippen molar-refractivity contribution in [2.45, 2.75) is 32.9 Å². The Hall–Kier alpha value is -0.580. The lowest BCUT2D eigenvalue weighted by molar-refractivity contribution is 0.238. The zero-order valence-electron chi connectivity index (χ0n) is 9.42. The first-order chi connectivity index (χ1) is 7.10. The van der Waals surface area contributed by atoms with Gasteiger partial charge in [-0.25, -0.2) is 0 Å². The predicted octanol–water partition coefficient (Wildman–Crippen LogP) is 1.24. The number of nitrogens with zero attached hydrogens (tertiary/aromatic N) is 2. The maximum absolute atomic E-state index is 9.03. The van der Waals surface area contributed by atoms with Crippen LogP contribution in [0.15, 0.2) is 0 Å². The topological polar surface area (TPSA) is 50.1 Å². The highest BCUT2D eigenvalue weighted by Gasteiger charge is 2.12. The fourth-order valence-corrected chi connectivity index (χ4v) is 1.70. The van der Waals surface area contributed by atoms with E-state index in [9.17, 15) is 0 Å². The summed E-state index contributed by atoms with van der Waals surface area (Å²) >= 11 is 6.08. The Morgan fingerprint density at radius 1 is 1.60 bits per heavy atom. The Morgan fingerprint density at radius 3 is 2.67 bits per heavy atom. The largest absolute Gasteiger partial charge is 0.395 e. The van der Waals surface area contributed by atoms with Crippen molar-refractivity contribution in [1.82, 2.24) is 15.1 Å². The van der Waals surface area contributed by atoms with Crippen molar-refractivity contribution >= 4 is 11.6 Å². The van der Waals surface area contributed by atoms with Gasteiger partial charge in [0.25, 0.3) is 0 Å². The van der Waals surface area contributed by atoms with Crippen molar-refractivity contribution in [2.24, 2.45) is 7.05 Å². The highest BCUT2D eigenvalue weighted by atomic mass is 35.5. The molecule has 5 heteroatoms. The fourth-order valence-electron chi connectivity index (χ4n) is 1.46. The second-order valence-electron chi connectivity index (χ2n) is 3.65. The first kappa shape index (κ1) is 12.5. The minimum atomic E-state index is 0.126. The van der Waals surface area contributed by atoms with E-state index in [1.807, 2.05) is 20.9 Å². The molecule has 1 rings (SSSR count). The molecule has 1 unspecified atom stereocenters. The molecule has 0 spiro atoms. The van der Waals surface area contributed by atoms with Gasteiger partial charge in [-0.1, -0.05) is 18.5 Å². The lowest BCUT2D eigenvalue weighted by atomic mass is 10.2. The highest BCUT2D eigenvalue weighted by molar-refractivity contribution is 6.30. The third-order valence-electron chi connectivity index (χ3n) is 2.55. The summed E-state index contributed by atoms with van der Waals surface area (Å²) in [6.07, 6.45) is 0.896. The molecule has 0 saturated carbocycles. The molecule has 1 heterocycles. The van der Waals surface area contributed by atoms with Gasteiger partial charge in [0, 0.05) is 25.2 Å². The van der Waals surface area contributed by atoms with E-state index in [1.54, 1.807) is 4.68 Å². The minimum absolute atomic E-state index is 0.126. The van der Waals surface area contributed by atoms with Crippen LogP contribution in [0.3, 0.4) is 0 Å². The van der Waals surface area contributed by atoms with Crippen LogP contribution < -0.4 is 5.32 Å². The van der Waals surface area contributed by atoms with Gasteiger partial charge in [-0.3, -0.25) is 4.68 Å². The van der Waals surface area contributed by atoms with Crippen LogP contribution in [-0.2, 0) is 13.6 Å². The summed E-state index contributed by atoms with van der Waals surface area (Å²) in [5.41, 5.74) is 1.94. The van der Waals surface area contributed by atoms with Crippen LogP contribution in [0, 0.1) is 6.92 Å². The zero-order chi connectivity index (χ0) is 11.4. The number of nitrogens with one attached hydrogen (secondary N) is 1. The molecule has 0 radical (unpaired) electrons. The number of halogens is 1. The molecule has 0 bridgehead atoms. The van der Waals surface area contributed by atoms with E-state index >= 15 is 0 Å². The molecule has 0 aliphatic rings. The Morgan fingerprint density at radius 2 is 2.27 bits per heavy atom. The van der Waals surface area contributed by atoms with Gasteiger partial charge in [0.1, 0.15) is 5.15 Å². The number of aliphatic hydroxyl groups excluding tert-OH is 1. The lowest BCUT2D eigenvalue weighted by Crippen LogP contribution is -2.31. The molecule has 0 saturated heterocycles. The number of hydrogen-bond acceptors (Lipinski definition) is 3. The summed E-state index contributed by atoms with van der Waals surface area (Å²) in [5.74, 6) is 0. The first-order valence-electron chi connectivity index (χ1n) is 5.12. The number of aryl methyl sites for hydroxylation is 2. The van der Waals surface area contributed by atoms with E-state index in [0.29, 0.717) is 11.7 Å². The minimum Gasteiger partial charge on any atom is -0.395 e. The summed E-state index contributed by atoms with van der Waals surface area (Å²) in [4.78, 5) is 0.